The average Bonchev–Trinajstić information content (AvgIpc) is 2.35. The van der Waals surface area contributed by atoms with E-state index in [1.807, 2.05) is 6.92 Å². The van der Waals surface area contributed by atoms with Gasteiger partial charge in [0, 0.05) is 5.56 Å². The number of methoxy groups -OCH3 is 1. The molecule has 0 aliphatic heterocycles. The van der Waals surface area contributed by atoms with Crippen LogP contribution in [0.3, 0.4) is 0 Å². The molecule has 18 heavy (non-hydrogen) atoms. The minimum atomic E-state index is -1.10. The molecule has 2 N–H and O–H groups in total. The third kappa shape index (κ3) is 3.97. The van der Waals surface area contributed by atoms with Crippen molar-refractivity contribution in [3.05, 3.63) is 23.8 Å². The van der Waals surface area contributed by atoms with Gasteiger partial charge in [-0.25, -0.2) is 0 Å². The molecule has 1 rings (SSSR count). The number of benzene rings is 1. The minimum absolute atomic E-state index is 0.235. The lowest BCUT2D eigenvalue weighted by molar-refractivity contribution is -0.138. The molecular formula is C12H15NO5. The molecule has 0 saturated heterocycles. The van der Waals surface area contributed by atoms with Crippen molar-refractivity contribution in [2.24, 2.45) is 0 Å². The Balaban J connectivity index is 2.53. The van der Waals surface area contributed by atoms with E-state index in [-0.39, 0.29) is 6.61 Å². The number of carbonyl (C=O) groups excluding carboxylic acids is 1. The van der Waals surface area contributed by atoms with Gasteiger partial charge in [0.1, 0.15) is 18.0 Å². The fourth-order valence-electron chi connectivity index (χ4n) is 1.34. The van der Waals surface area contributed by atoms with Gasteiger partial charge >= 0.3 is 5.97 Å². The van der Waals surface area contributed by atoms with Crippen LogP contribution in [-0.4, -0.2) is 37.2 Å². The van der Waals surface area contributed by atoms with Crippen molar-refractivity contribution in [1.29, 1.82) is 0 Å². The second-order valence-corrected chi connectivity index (χ2v) is 3.54. The van der Waals surface area contributed by atoms with E-state index in [2.05, 4.69) is 5.32 Å². The summed E-state index contributed by atoms with van der Waals surface area (Å²) in [6, 6.07) is 5.24. The molecule has 0 aliphatic carbocycles. The Morgan fingerprint density at radius 1 is 1.33 bits per heavy atom. The fraction of sp³-hybridized carbons (Fsp3) is 0.333. The van der Waals surface area contributed by atoms with Gasteiger partial charge in [-0.15, -0.1) is 0 Å². The van der Waals surface area contributed by atoms with Crippen molar-refractivity contribution >= 4 is 11.9 Å². The summed E-state index contributed by atoms with van der Waals surface area (Å²) in [5.41, 5.74) is 0.783. The summed E-state index contributed by atoms with van der Waals surface area (Å²) >= 11 is 0. The Labute approximate surface area is 105 Å². The molecule has 0 atom stereocenters. The van der Waals surface area contributed by atoms with Gasteiger partial charge in [-0.2, -0.15) is 0 Å². The van der Waals surface area contributed by atoms with Gasteiger partial charge in [0.15, 0.2) is 6.61 Å². The first kappa shape index (κ1) is 13.8. The molecule has 0 aromatic heterocycles. The topological polar surface area (TPSA) is 84.9 Å². The Bertz CT molecular complexity index is 444. The van der Waals surface area contributed by atoms with Crippen LogP contribution in [0.4, 0.5) is 0 Å². The van der Waals surface area contributed by atoms with Crippen LogP contribution in [0.1, 0.15) is 5.56 Å². The van der Waals surface area contributed by atoms with Crippen LogP contribution >= 0.6 is 0 Å². The standard InChI is InChI=1S/C12H15NO5/c1-8-9(17-2)4-3-5-10(8)18-7-11(14)13-6-12(15)16/h3-5H,6-7H2,1-2H3,(H,13,14)(H,15,16). The highest BCUT2D eigenvalue weighted by atomic mass is 16.5. The first-order valence-electron chi connectivity index (χ1n) is 5.29. The number of carboxylic acids is 1. The first-order chi connectivity index (χ1) is 8.54. The maximum atomic E-state index is 11.3. The molecule has 0 fully saturated rings. The summed E-state index contributed by atoms with van der Waals surface area (Å²) in [5.74, 6) is -0.390. The van der Waals surface area contributed by atoms with Gasteiger partial charge < -0.3 is 19.9 Å². The van der Waals surface area contributed by atoms with Crippen molar-refractivity contribution in [2.45, 2.75) is 6.92 Å². The predicted octanol–water partition coefficient (Wildman–Crippen LogP) is 0.583. The Morgan fingerprint density at radius 3 is 2.61 bits per heavy atom. The van der Waals surface area contributed by atoms with E-state index in [4.69, 9.17) is 14.6 Å². The summed E-state index contributed by atoms with van der Waals surface area (Å²) in [7, 11) is 1.55. The summed E-state index contributed by atoms with van der Waals surface area (Å²) in [6.07, 6.45) is 0. The summed E-state index contributed by atoms with van der Waals surface area (Å²) in [4.78, 5) is 21.5. The summed E-state index contributed by atoms with van der Waals surface area (Å²) < 4.78 is 10.4. The highest BCUT2D eigenvalue weighted by Gasteiger charge is 2.08. The monoisotopic (exact) mass is 253 g/mol. The molecule has 1 aromatic rings. The molecule has 1 amide bonds. The van der Waals surface area contributed by atoms with Crippen molar-refractivity contribution < 1.29 is 24.2 Å². The second-order valence-electron chi connectivity index (χ2n) is 3.54. The van der Waals surface area contributed by atoms with Crippen molar-refractivity contribution in [3.8, 4) is 11.5 Å². The van der Waals surface area contributed by atoms with Crippen LogP contribution < -0.4 is 14.8 Å². The number of carbonyl (C=O) groups is 2. The van der Waals surface area contributed by atoms with Crippen LogP contribution in [0.15, 0.2) is 18.2 Å². The highest BCUT2D eigenvalue weighted by Crippen LogP contribution is 2.26. The van der Waals surface area contributed by atoms with E-state index in [1.165, 1.54) is 0 Å². The predicted molar refractivity (Wildman–Crippen MR) is 63.9 cm³/mol. The summed E-state index contributed by atoms with van der Waals surface area (Å²) in [5, 5.41) is 10.6. The molecule has 0 radical (unpaired) electrons. The molecule has 0 heterocycles. The molecule has 0 aliphatic rings. The number of amides is 1. The van der Waals surface area contributed by atoms with E-state index in [0.717, 1.165) is 5.56 Å². The molecule has 6 heteroatoms. The molecular weight excluding hydrogens is 238 g/mol. The zero-order chi connectivity index (χ0) is 13.5. The molecule has 0 spiro atoms. The largest absolute Gasteiger partial charge is 0.496 e. The molecule has 0 bridgehead atoms. The van der Waals surface area contributed by atoms with Gasteiger partial charge in [-0.05, 0) is 19.1 Å². The number of nitrogens with one attached hydrogen (secondary N) is 1. The average molecular weight is 253 g/mol. The van der Waals surface area contributed by atoms with Gasteiger partial charge in [-0.1, -0.05) is 6.07 Å². The lowest BCUT2D eigenvalue weighted by Gasteiger charge is -2.11. The smallest absolute Gasteiger partial charge is 0.322 e. The normalized spacial score (nSPS) is 9.67. The Kier molecular flexibility index (Phi) is 4.98. The van der Waals surface area contributed by atoms with Crippen molar-refractivity contribution in [3.63, 3.8) is 0 Å². The van der Waals surface area contributed by atoms with Crippen LogP contribution in [0.5, 0.6) is 11.5 Å². The maximum Gasteiger partial charge on any atom is 0.322 e. The number of hydrogen-bond acceptors (Lipinski definition) is 4. The van der Waals surface area contributed by atoms with Crippen molar-refractivity contribution in [2.75, 3.05) is 20.3 Å². The van der Waals surface area contributed by atoms with E-state index < -0.39 is 18.4 Å². The maximum absolute atomic E-state index is 11.3. The van der Waals surface area contributed by atoms with Crippen LogP contribution in [0, 0.1) is 6.92 Å². The van der Waals surface area contributed by atoms with E-state index in [1.54, 1.807) is 25.3 Å². The second kappa shape index (κ2) is 6.48. The Morgan fingerprint density at radius 2 is 2.00 bits per heavy atom. The molecule has 6 nitrogen and oxygen atoms in total. The highest BCUT2D eigenvalue weighted by molar-refractivity contribution is 5.82. The Hall–Kier alpha value is -2.24. The molecule has 0 saturated carbocycles. The SMILES string of the molecule is COc1cccc(OCC(=O)NCC(=O)O)c1C. The third-order valence-corrected chi connectivity index (χ3v) is 2.25. The number of carboxylic acid groups (broad SMARTS) is 1. The van der Waals surface area contributed by atoms with Crippen LogP contribution in [0.2, 0.25) is 0 Å². The molecule has 1 aromatic carbocycles. The van der Waals surface area contributed by atoms with Crippen molar-refractivity contribution in [1.82, 2.24) is 5.32 Å². The van der Waals surface area contributed by atoms with E-state index in [9.17, 15) is 9.59 Å². The van der Waals surface area contributed by atoms with Crippen LogP contribution in [0.25, 0.3) is 0 Å². The fourth-order valence-corrected chi connectivity index (χ4v) is 1.34. The third-order valence-electron chi connectivity index (χ3n) is 2.25. The van der Waals surface area contributed by atoms with E-state index >= 15 is 0 Å². The zero-order valence-electron chi connectivity index (χ0n) is 10.2. The van der Waals surface area contributed by atoms with Gasteiger partial charge in [0.05, 0.1) is 7.11 Å². The van der Waals surface area contributed by atoms with Crippen LogP contribution in [-0.2, 0) is 9.59 Å². The first-order valence-corrected chi connectivity index (χ1v) is 5.29. The number of hydrogen-bond donors (Lipinski definition) is 2. The number of aliphatic carboxylic acids is 1. The van der Waals surface area contributed by atoms with Gasteiger partial charge in [-0.3, -0.25) is 9.59 Å². The van der Waals surface area contributed by atoms with Gasteiger partial charge in [0.25, 0.3) is 5.91 Å². The zero-order valence-corrected chi connectivity index (χ0v) is 10.2. The lowest BCUT2D eigenvalue weighted by Crippen LogP contribution is -2.33. The number of ether oxygens (including phenoxy) is 2. The van der Waals surface area contributed by atoms with E-state index in [0.29, 0.717) is 11.5 Å². The molecule has 98 valence electrons. The summed E-state index contributed by atoms with van der Waals surface area (Å²) in [6.45, 7) is 1.16. The lowest BCUT2D eigenvalue weighted by atomic mass is 10.2. The van der Waals surface area contributed by atoms with Gasteiger partial charge in [0.2, 0.25) is 0 Å². The quantitative estimate of drug-likeness (QED) is 0.774. The number of rotatable bonds is 6. The molecule has 0 unspecified atom stereocenters. The minimum Gasteiger partial charge on any atom is -0.496 e.